The van der Waals surface area contributed by atoms with E-state index in [1.54, 1.807) is 6.33 Å². The minimum Gasteiger partial charge on any atom is -0.379 e. The maximum Gasteiger partial charge on any atom is 0.164 e. The smallest absolute Gasteiger partial charge is 0.164 e. The van der Waals surface area contributed by atoms with Gasteiger partial charge in [0.05, 0.1) is 19.5 Å². The lowest BCUT2D eigenvalue weighted by molar-refractivity contribution is 0.0365. The molecule has 1 aliphatic rings. The summed E-state index contributed by atoms with van der Waals surface area (Å²) in [5.74, 6) is 0. The van der Waals surface area contributed by atoms with Crippen molar-refractivity contribution in [3.63, 3.8) is 0 Å². The van der Waals surface area contributed by atoms with Gasteiger partial charge in [-0.05, 0) is 0 Å². The van der Waals surface area contributed by atoms with E-state index in [4.69, 9.17) is 16.3 Å². The molecule has 1 fully saturated rings. The Kier molecular flexibility index (Phi) is 3.40. The van der Waals surface area contributed by atoms with Gasteiger partial charge in [0.1, 0.15) is 11.8 Å². The quantitative estimate of drug-likeness (QED) is 0.771. The maximum atomic E-state index is 5.97. The number of nitrogens with zero attached hydrogens (tertiary/aromatic N) is 5. The van der Waals surface area contributed by atoms with Crippen molar-refractivity contribution in [1.29, 1.82) is 0 Å². The first kappa shape index (κ1) is 11.8. The molecule has 96 valence electrons. The Labute approximate surface area is 110 Å². The highest BCUT2D eigenvalue weighted by atomic mass is 35.5. The van der Waals surface area contributed by atoms with E-state index in [9.17, 15) is 0 Å². The van der Waals surface area contributed by atoms with Gasteiger partial charge < -0.3 is 9.30 Å². The fraction of sp³-hybridized carbons (Fsp3) is 0.545. The zero-order valence-corrected chi connectivity index (χ0v) is 10.7. The second-order valence-electron chi connectivity index (χ2n) is 4.23. The van der Waals surface area contributed by atoms with Crippen molar-refractivity contribution in [3.8, 4) is 0 Å². The van der Waals surface area contributed by atoms with Gasteiger partial charge >= 0.3 is 0 Å². The molecule has 1 saturated heterocycles. The van der Waals surface area contributed by atoms with Crippen LogP contribution in [0.4, 0.5) is 0 Å². The van der Waals surface area contributed by atoms with E-state index in [-0.39, 0.29) is 0 Å². The molecule has 0 amide bonds. The fourth-order valence-corrected chi connectivity index (χ4v) is 2.27. The molecule has 0 spiro atoms. The molecule has 3 heterocycles. The van der Waals surface area contributed by atoms with Gasteiger partial charge in [0, 0.05) is 26.2 Å². The van der Waals surface area contributed by atoms with E-state index >= 15 is 0 Å². The fourth-order valence-electron chi connectivity index (χ4n) is 2.09. The number of imidazole rings is 1. The number of fused-ring (bicyclic) bond motifs is 1. The highest BCUT2D eigenvalue weighted by Crippen LogP contribution is 2.16. The average molecular weight is 268 g/mol. The Morgan fingerprint density at radius 2 is 2.00 bits per heavy atom. The van der Waals surface area contributed by atoms with Crippen LogP contribution in [-0.2, 0) is 11.3 Å². The molecule has 0 aliphatic carbocycles. The zero-order valence-electron chi connectivity index (χ0n) is 9.92. The topological polar surface area (TPSA) is 56.1 Å². The summed E-state index contributed by atoms with van der Waals surface area (Å²) in [5, 5.41) is 0.408. The van der Waals surface area contributed by atoms with Crippen LogP contribution in [-0.4, -0.2) is 57.3 Å². The standard InChI is InChI=1S/C11H14ClN5O/c12-10-9-11(14-7-13-10)17(8-15-9)2-1-16-3-5-18-6-4-16/h7-8H,1-6H2. The van der Waals surface area contributed by atoms with Crippen molar-refractivity contribution < 1.29 is 4.74 Å². The van der Waals surface area contributed by atoms with Crippen LogP contribution in [0.5, 0.6) is 0 Å². The van der Waals surface area contributed by atoms with Gasteiger partial charge in [-0.3, -0.25) is 4.90 Å². The Hall–Kier alpha value is -1.24. The predicted octanol–water partition coefficient (Wildman–Crippen LogP) is 0.812. The summed E-state index contributed by atoms with van der Waals surface area (Å²) in [5.41, 5.74) is 1.46. The Morgan fingerprint density at radius 3 is 2.83 bits per heavy atom. The van der Waals surface area contributed by atoms with E-state index in [1.807, 2.05) is 4.57 Å². The van der Waals surface area contributed by atoms with Crippen molar-refractivity contribution in [3.05, 3.63) is 17.8 Å². The molecule has 2 aromatic heterocycles. The number of rotatable bonds is 3. The molecule has 0 radical (unpaired) electrons. The molecule has 0 aromatic carbocycles. The second kappa shape index (κ2) is 5.17. The Morgan fingerprint density at radius 1 is 1.17 bits per heavy atom. The Bertz CT molecular complexity index is 537. The van der Waals surface area contributed by atoms with Crippen LogP contribution >= 0.6 is 11.6 Å². The molecule has 0 atom stereocenters. The lowest BCUT2D eigenvalue weighted by Gasteiger charge is -2.26. The molecular formula is C11H14ClN5O. The number of ether oxygens (including phenoxy) is 1. The largest absolute Gasteiger partial charge is 0.379 e. The summed E-state index contributed by atoms with van der Waals surface area (Å²) in [6, 6.07) is 0. The molecule has 0 saturated carbocycles. The number of hydrogen-bond acceptors (Lipinski definition) is 5. The highest BCUT2D eigenvalue weighted by molar-refractivity contribution is 6.33. The maximum absolute atomic E-state index is 5.97. The average Bonchev–Trinajstić information content (AvgIpc) is 2.82. The number of halogens is 1. The van der Waals surface area contributed by atoms with Gasteiger partial charge in [-0.25, -0.2) is 15.0 Å². The Balaban J connectivity index is 1.72. The van der Waals surface area contributed by atoms with Crippen molar-refractivity contribution >= 4 is 22.8 Å². The van der Waals surface area contributed by atoms with Gasteiger partial charge in [0.15, 0.2) is 10.8 Å². The lowest BCUT2D eigenvalue weighted by atomic mass is 10.4. The van der Waals surface area contributed by atoms with Crippen molar-refractivity contribution in [1.82, 2.24) is 24.4 Å². The van der Waals surface area contributed by atoms with Crippen molar-refractivity contribution in [2.75, 3.05) is 32.8 Å². The van der Waals surface area contributed by atoms with Gasteiger partial charge in [-0.1, -0.05) is 11.6 Å². The molecule has 0 N–H and O–H groups in total. The predicted molar refractivity (Wildman–Crippen MR) is 67.6 cm³/mol. The number of hydrogen-bond donors (Lipinski definition) is 0. The third-order valence-corrected chi connectivity index (χ3v) is 3.39. The molecule has 1 aliphatic heterocycles. The first-order valence-electron chi connectivity index (χ1n) is 5.96. The minimum absolute atomic E-state index is 0.408. The van der Waals surface area contributed by atoms with Gasteiger partial charge in [0.25, 0.3) is 0 Å². The van der Waals surface area contributed by atoms with Crippen LogP contribution in [0.3, 0.4) is 0 Å². The number of morpholine rings is 1. The van der Waals surface area contributed by atoms with Crippen LogP contribution < -0.4 is 0 Å². The van der Waals surface area contributed by atoms with Gasteiger partial charge in [-0.2, -0.15) is 0 Å². The van der Waals surface area contributed by atoms with Crippen LogP contribution in [0.1, 0.15) is 0 Å². The number of aromatic nitrogens is 4. The SMILES string of the molecule is Clc1ncnc2c1ncn2CCN1CCOCC1. The first-order chi connectivity index (χ1) is 8.84. The first-order valence-corrected chi connectivity index (χ1v) is 6.34. The van der Waals surface area contributed by atoms with Crippen LogP contribution in [0, 0.1) is 0 Å². The van der Waals surface area contributed by atoms with E-state index in [2.05, 4.69) is 19.9 Å². The molecular weight excluding hydrogens is 254 g/mol. The minimum atomic E-state index is 0.408. The van der Waals surface area contributed by atoms with E-state index < -0.39 is 0 Å². The van der Waals surface area contributed by atoms with Gasteiger partial charge in [-0.15, -0.1) is 0 Å². The van der Waals surface area contributed by atoms with Crippen LogP contribution in [0.2, 0.25) is 5.15 Å². The molecule has 2 aromatic rings. The van der Waals surface area contributed by atoms with E-state index in [0.717, 1.165) is 45.0 Å². The van der Waals surface area contributed by atoms with E-state index in [1.165, 1.54) is 6.33 Å². The highest BCUT2D eigenvalue weighted by Gasteiger charge is 2.12. The van der Waals surface area contributed by atoms with Crippen LogP contribution in [0.25, 0.3) is 11.2 Å². The molecule has 18 heavy (non-hydrogen) atoms. The molecule has 0 bridgehead atoms. The summed E-state index contributed by atoms with van der Waals surface area (Å²) in [6.07, 6.45) is 3.24. The summed E-state index contributed by atoms with van der Waals surface area (Å²) >= 11 is 5.97. The van der Waals surface area contributed by atoms with Crippen molar-refractivity contribution in [2.45, 2.75) is 6.54 Å². The summed E-state index contributed by atoms with van der Waals surface area (Å²) in [7, 11) is 0. The molecule has 6 nitrogen and oxygen atoms in total. The zero-order chi connectivity index (χ0) is 12.4. The molecule has 3 rings (SSSR count). The second-order valence-corrected chi connectivity index (χ2v) is 4.59. The van der Waals surface area contributed by atoms with E-state index in [0.29, 0.717) is 10.7 Å². The normalized spacial score (nSPS) is 17.4. The summed E-state index contributed by atoms with van der Waals surface area (Å²) in [4.78, 5) is 14.8. The molecule has 0 unspecified atom stereocenters. The molecule has 7 heteroatoms. The lowest BCUT2D eigenvalue weighted by Crippen LogP contribution is -2.38. The monoisotopic (exact) mass is 267 g/mol. The summed E-state index contributed by atoms with van der Waals surface area (Å²) < 4.78 is 7.34. The third-order valence-electron chi connectivity index (χ3n) is 3.12. The third kappa shape index (κ3) is 2.31. The summed E-state index contributed by atoms with van der Waals surface area (Å²) in [6.45, 7) is 5.43. The van der Waals surface area contributed by atoms with Crippen molar-refractivity contribution in [2.24, 2.45) is 0 Å². The van der Waals surface area contributed by atoms with Gasteiger partial charge in [0.2, 0.25) is 0 Å². The van der Waals surface area contributed by atoms with Crippen LogP contribution in [0.15, 0.2) is 12.7 Å².